The number of aromatic nitrogens is 2. The number of hydrogen-bond acceptors (Lipinski definition) is 4. The molecule has 0 fully saturated rings. The zero-order valence-electron chi connectivity index (χ0n) is 11.9. The van der Waals surface area contributed by atoms with Crippen LogP contribution in [-0.2, 0) is 13.1 Å². The van der Waals surface area contributed by atoms with Crippen molar-refractivity contribution >= 4 is 16.8 Å². The van der Waals surface area contributed by atoms with Gasteiger partial charge in [-0.05, 0) is 11.1 Å². The third-order valence-corrected chi connectivity index (χ3v) is 4.38. The van der Waals surface area contributed by atoms with Crippen LogP contribution >= 0.6 is 16.8 Å². The molecule has 0 aliphatic carbocycles. The molecule has 22 heavy (non-hydrogen) atoms. The topological polar surface area (TPSA) is 94.3 Å². The number of rotatable bonds is 7. The Bertz CT molecular complexity index is 523. The predicted octanol–water partition coefficient (Wildman–Crippen LogP) is -0.742. The molecule has 8 heteroatoms. The minimum absolute atomic E-state index is 0.248. The van der Waals surface area contributed by atoms with Crippen LogP contribution in [0.5, 0.6) is 0 Å². The van der Waals surface area contributed by atoms with E-state index in [0.29, 0.717) is 13.1 Å². The highest BCUT2D eigenvalue weighted by Gasteiger charge is 2.06. The van der Waals surface area contributed by atoms with Crippen LogP contribution in [0.15, 0.2) is 49.1 Å². The van der Waals surface area contributed by atoms with E-state index in [1.165, 1.54) is 0 Å². The summed E-state index contributed by atoms with van der Waals surface area (Å²) in [6.07, 6.45) is 8.02. The molecule has 0 aliphatic heterocycles. The van der Waals surface area contributed by atoms with Crippen molar-refractivity contribution in [3.8, 4) is 11.1 Å². The lowest BCUT2D eigenvalue weighted by molar-refractivity contribution is -0.693. The molecule has 0 amide bonds. The first-order valence-corrected chi connectivity index (χ1v) is 9.60. The van der Waals surface area contributed by atoms with Crippen LogP contribution in [0, 0.1) is 0 Å². The van der Waals surface area contributed by atoms with Crippen LogP contribution in [0.3, 0.4) is 0 Å². The maximum absolute atomic E-state index is 10.7. The molecule has 0 aromatic carbocycles. The molecule has 2 aromatic rings. The largest absolute Gasteiger partial charge is 0.808 e. The average Bonchev–Trinajstić information content (AvgIpc) is 2.52. The van der Waals surface area contributed by atoms with E-state index >= 15 is 0 Å². The zero-order chi connectivity index (χ0) is 15.9. The summed E-state index contributed by atoms with van der Waals surface area (Å²) in [6.45, 7) is 1.03. The summed E-state index contributed by atoms with van der Waals surface area (Å²) in [5.41, 5.74) is 2.09. The van der Waals surface area contributed by atoms with E-state index < -0.39 is 16.8 Å². The summed E-state index contributed by atoms with van der Waals surface area (Å²) in [7, 11) is -4.20. The van der Waals surface area contributed by atoms with E-state index in [4.69, 9.17) is 9.79 Å². The fourth-order valence-electron chi connectivity index (χ4n) is 2.00. The van der Waals surface area contributed by atoms with Gasteiger partial charge in [0.25, 0.3) is 0 Å². The van der Waals surface area contributed by atoms with Crippen molar-refractivity contribution in [1.82, 2.24) is 0 Å². The predicted molar refractivity (Wildman–Crippen MR) is 80.3 cm³/mol. The highest BCUT2D eigenvalue weighted by atomic mass is 31.2. The molecule has 2 heterocycles. The Morgan fingerprint density at radius 1 is 0.727 bits per heavy atom. The monoisotopic (exact) mass is 340 g/mol. The van der Waals surface area contributed by atoms with Crippen LogP contribution in [0.25, 0.3) is 11.1 Å². The van der Waals surface area contributed by atoms with Crippen LogP contribution in [-0.4, -0.2) is 22.1 Å². The molecule has 2 N–H and O–H groups in total. The van der Waals surface area contributed by atoms with Gasteiger partial charge in [0.15, 0.2) is 37.9 Å². The van der Waals surface area contributed by atoms with E-state index in [1.807, 2.05) is 58.2 Å². The van der Waals surface area contributed by atoms with Crippen LogP contribution in [0.4, 0.5) is 0 Å². The van der Waals surface area contributed by atoms with Crippen molar-refractivity contribution in [2.75, 3.05) is 12.3 Å². The Hall–Kier alpha value is -1.00. The van der Waals surface area contributed by atoms with Crippen molar-refractivity contribution in [3.05, 3.63) is 49.1 Å². The van der Waals surface area contributed by atoms with Gasteiger partial charge in [-0.1, -0.05) is 16.8 Å². The fraction of sp³-hybridized carbons (Fsp3) is 0.286. The van der Waals surface area contributed by atoms with Crippen molar-refractivity contribution < 1.29 is 28.7 Å². The minimum Gasteiger partial charge on any atom is -0.808 e. The molecule has 0 radical (unpaired) electrons. The average molecular weight is 340 g/mol. The maximum Gasteiger partial charge on any atom is 0.169 e. The number of pyridine rings is 2. The minimum atomic E-state index is -2.10. The number of hydrogen-bond donors (Lipinski definition) is 2. The van der Waals surface area contributed by atoms with Gasteiger partial charge < -0.3 is 19.6 Å². The zero-order valence-corrected chi connectivity index (χ0v) is 13.7. The normalized spacial score (nSPS) is 13.8. The highest BCUT2D eigenvalue weighted by molar-refractivity contribution is 7.43. The molecule has 0 aliphatic rings. The molecular weight excluding hydrogens is 322 g/mol. The van der Waals surface area contributed by atoms with E-state index in [2.05, 4.69) is 0 Å². The molecule has 2 unspecified atom stereocenters. The SMILES string of the molecule is [O-]P(O)CC[n+]1ccc(-c2cc[n+](CCP([O-])O)cc2)cc1. The highest BCUT2D eigenvalue weighted by Crippen LogP contribution is 2.18. The first kappa shape index (κ1) is 17.4. The van der Waals surface area contributed by atoms with Crippen molar-refractivity contribution in [1.29, 1.82) is 0 Å². The van der Waals surface area contributed by atoms with Crippen LogP contribution < -0.4 is 18.9 Å². The van der Waals surface area contributed by atoms with Gasteiger partial charge in [0, 0.05) is 36.6 Å². The summed E-state index contributed by atoms with van der Waals surface area (Å²) in [6, 6.07) is 7.81. The summed E-state index contributed by atoms with van der Waals surface area (Å²) in [5.74, 6) is 0. The van der Waals surface area contributed by atoms with Crippen molar-refractivity contribution in [2.45, 2.75) is 13.1 Å². The molecule has 6 nitrogen and oxygen atoms in total. The molecule has 2 atom stereocenters. The molecule has 2 aromatic heterocycles. The van der Waals surface area contributed by atoms with E-state index in [1.54, 1.807) is 0 Å². The standard InChI is InChI=1S/C14H18N2O4P2/c17-21(18)11-9-15-5-1-13(2-6-15)14-3-7-16(8-4-14)10-12-22(19)20/h1-8,17,19H,9-12H2. The molecule has 118 valence electrons. The first-order valence-electron chi connectivity index (χ1n) is 6.80. The van der Waals surface area contributed by atoms with Crippen LogP contribution in [0.1, 0.15) is 0 Å². The number of aryl methyl sites for hydroxylation is 2. The Morgan fingerprint density at radius 3 is 1.32 bits per heavy atom. The van der Waals surface area contributed by atoms with Gasteiger partial charge in [0.2, 0.25) is 0 Å². The number of nitrogens with zero attached hydrogens (tertiary/aromatic N) is 2. The van der Waals surface area contributed by atoms with Crippen molar-refractivity contribution in [3.63, 3.8) is 0 Å². The second kappa shape index (κ2) is 8.59. The third kappa shape index (κ3) is 5.65. The summed E-state index contributed by atoms with van der Waals surface area (Å²) >= 11 is 0. The smallest absolute Gasteiger partial charge is 0.169 e. The second-order valence-electron chi connectivity index (χ2n) is 4.80. The van der Waals surface area contributed by atoms with E-state index in [9.17, 15) is 9.79 Å². The molecular formula is C14H18N2O4P2. The fourth-order valence-corrected chi connectivity index (χ4v) is 2.80. The first-order chi connectivity index (χ1) is 10.5. The summed E-state index contributed by atoms with van der Waals surface area (Å²) in [4.78, 5) is 39.0. The van der Waals surface area contributed by atoms with Gasteiger partial charge in [-0.15, -0.1) is 0 Å². The molecule has 2 rings (SSSR count). The van der Waals surface area contributed by atoms with Gasteiger partial charge in [0.1, 0.15) is 0 Å². The molecule has 0 saturated carbocycles. The third-order valence-electron chi connectivity index (χ3n) is 3.21. The maximum atomic E-state index is 10.7. The summed E-state index contributed by atoms with van der Waals surface area (Å²) < 4.78 is 3.74. The van der Waals surface area contributed by atoms with Gasteiger partial charge in [-0.3, -0.25) is 0 Å². The lowest BCUT2D eigenvalue weighted by atomic mass is 10.1. The lowest BCUT2D eigenvalue weighted by Crippen LogP contribution is -2.35. The quantitative estimate of drug-likeness (QED) is 0.513. The van der Waals surface area contributed by atoms with Gasteiger partial charge in [-0.2, -0.15) is 0 Å². The van der Waals surface area contributed by atoms with Gasteiger partial charge >= 0.3 is 0 Å². The van der Waals surface area contributed by atoms with Gasteiger partial charge in [0.05, 0.1) is 0 Å². The van der Waals surface area contributed by atoms with Gasteiger partial charge in [-0.25, -0.2) is 9.13 Å². The Balaban J connectivity index is 1.99. The van der Waals surface area contributed by atoms with Crippen molar-refractivity contribution in [2.24, 2.45) is 0 Å². The Morgan fingerprint density at radius 2 is 1.05 bits per heavy atom. The Kier molecular flexibility index (Phi) is 6.77. The lowest BCUT2D eigenvalue weighted by Gasteiger charge is -2.12. The second-order valence-corrected chi connectivity index (χ2v) is 7.10. The summed E-state index contributed by atoms with van der Waals surface area (Å²) in [5, 5.41) is 0. The molecule has 0 bridgehead atoms. The Labute approximate surface area is 131 Å². The van der Waals surface area contributed by atoms with Crippen LogP contribution in [0.2, 0.25) is 0 Å². The van der Waals surface area contributed by atoms with E-state index in [0.717, 1.165) is 11.1 Å². The molecule has 0 saturated heterocycles. The molecule has 0 spiro atoms. The van der Waals surface area contributed by atoms with E-state index in [-0.39, 0.29) is 12.3 Å².